The van der Waals surface area contributed by atoms with Crippen LogP contribution in [0.5, 0.6) is 0 Å². The summed E-state index contributed by atoms with van der Waals surface area (Å²) in [6.07, 6.45) is 0.827. The molecule has 0 fully saturated rings. The van der Waals surface area contributed by atoms with Crippen molar-refractivity contribution in [2.45, 2.75) is 26.2 Å². The number of aromatic nitrogens is 2. The van der Waals surface area contributed by atoms with Gasteiger partial charge in [0.25, 0.3) is 11.8 Å². The monoisotopic (exact) mass is 389 g/mol. The van der Waals surface area contributed by atoms with Crippen molar-refractivity contribution in [1.82, 2.24) is 9.78 Å². The van der Waals surface area contributed by atoms with Gasteiger partial charge in [-0.25, -0.2) is 0 Å². The van der Waals surface area contributed by atoms with E-state index in [1.807, 2.05) is 37.3 Å². The number of nitrogens with zero attached hydrogens (tertiary/aromatic N) is 3. The first-order valence-corrected chi connectivity index (χ1v) is 9.52. The molecule has 0 aliphatic rings. The fourth-order valence-corrected chi connectivity index (χ4v) is 3.81. The topological polar surface area (TPSA) is 38.1 Å². The number of thiophene rings is 1. The molecule has 27 heavy (non-hydrogen) atoms. The van der Waals surface area contributed by atoms with E-state index in [2.05, 4.69) is 5.10 Å². The van der Waals surface area contributed by atoms with E-state index in [9.17, 15) is 13.6 Å². The van der Waals surface area contributed by atoms with Crippen molar-refractivity contribution >= 4 is 22.9 Å². The van der Waals surface area contributed by atoms with Gasteiger partial charge in [-0.3, -0.25) is 9.48 Å². The largest absolute Gasteiger partial charge is 0.308 e. The summed E-state index contributed by atoms with van der Waals surface area (Å²) in [7, 11) is 1.49. The molecule has 4 nitrogen and oxygen atoms in total. The van der Waals surface area contributed by atoms with Crippen molar-refractivity contribution in [1.29, 1.82) is 0 Å². The number of hydrogen-bond donors (Lipinski definition) is 0. The highest BCUT2D eigenvalue weighted by molar-refractivity contribution is 7.17. The molecular formula is C20H21F2N3OS. The molecule has 7 heteroatoms. The molecule has 3 aromatic rings. The molecule has 2 aromatic heterocycles. The molecule has 0 saturated carbocycles. The van der Waals surface area contributed by atoms with Crippen LogP contribution in [0.4, 0.5) is 14.5 Å². The first kappa shape index (κ1) is 19.2. The molecule has 3 rings (SSSR count). The van der Waals surface area contributed by atoms with E-state index in [0.29, 0.717) is 22.0 Å². The molecule has 0 bridgehead atoms. The summed E-state index contributed by atoms with van der Waals surface area (Å²) in [6, 6.07) is 14.4. The predicted octanol–water partition coefficient (Wildman–Crippen LogP) is 5.32. The molecule has 0 N–H and O–H groups in total. The van der Waals surface area contributed by atoms with E-state index in [0.717, 1.165) is 19.0 Å². The van der Waals surface area contributed by atoms with Gasteiger partial charge in [0.2, 0.25) is 0 Å². The van der Waals surface area contributed by atoms with Gasteiger partial charge in [0.1, 0.15) is 11.4 Å². The van der Waals surface area contributed by atoms with Crippen LogP contribution in [0.15, 0.2) is 48.5 Å². The number of halogens is 2. The quantitative estimate of drug-likeness (QED) is 0.572. The minimum atomic E-state index is -2.97. The van der Waals surface area contributed by atoms with Crippen molar-refractivity contribution in [3.63, 3.8) is 0 Å². The van der Waals surface area contributed by atoms with Crippen LogP contribution in [0, 0.1) is 0 Å². The normalized spacial score (nSPS) is 11.6. The van der Waals surface area contributed by atoms with E-state index < -0.39 is 5.92 Å². The highest BCUT2D eigenvalue weighted by Gasteiger charge is 2.29. The molecule has 0 saturated heterocycles. The maximum Gasteiger partial charge on any atom is 0.286 e. The van der Waals surface area contributed by atoms with E-state index in [-0.39, 0.29) is 11.6 Å². The Hall–Kier alpha value is -2.54. The first-order valence-electron chi connectivity index (χ1n) is 8.70. The molecule has 0 atom stereocenters. The summed E-state index contributed by atoms with van der Waals surface area (Å²) in [5.74, 6) is -3.07. The highest BCUT2D eigenvalue weighted by atomic mass is 32.1. The van der Waals surface area contributed by atoms with Crippen LogP contribution in [-0.2, 0) is 13.0 Å². The van der Waals surface area contributed by atoms with Gasteiger partial charge in [0, 0.05) is 26.2 Å². The van der Waals surface area contributed by atoms with Gasteiger partial charge in [0.15, 0.2) is 0 Å². The van der Waals surface area contributed by atoms with Gasteiger partial charge < -0.3 is 4.90 Å². The number of amides is 1. The summed E-state index contributed by atoms with van der Waals surface area (Å²) >= 11 is 1.26. The maximum absolute atomic E-state index is 13.6. The van der Waals surface area contributed by atoms with Crippen molar-refractivity contribution in [2.24, 2.45) is 7.05 Å². The zero-order valence-corrected chi connectivity index (χ0v) is 16.3. The Kier molecular flexibility index (Phi) is 5.41. The number of carbonyl (C=O) groups is 1. The maximum atomic E-state index is 13.6. The number of rotatable bonds is 6. The summed E-state index contributed by atoms with van der Waals surface area (Å²) in [5.41, 5.74) is 1.13. The lowest BCUT2D eigenvalue weighted by molar-refractivity contribution is 0.00882. The van der Waals surface area contributed by atoms with Crippen LogP contribution >= 0.6 is 11.3 Å². The van der Waals surface area contributed by atoms with E-state index in [1.165, 1.54) is 29.1 Å². The fraction of sp³-hybridized carbons (Fsp3) is 0.300. The molecule has 0 aliphatic carbocycles. The Balaban J connectivity index is 1.90. The standard InChI is InChI=1S/C20H21F2N3OS/c1-4-12-25(14-8-6-5-7-9-14)19(26)17-11-10-16(27-17)15-13-18(20(2,21)22)24(3)23-15/h5-11,13H,4,12H2,1-3H3. The summed E-state index contributed by atoms with van der Waals surface area (Å²) in [4.78, 5) is 16.0. The van der Waals surface area contributed by atoms with Crippen molar-refractivity contribution in [3.05, 3.63) is 59.1 Å². The second-order valence-electron chi connectivity index (χ2n) is 6.38. The van der Waals surface area contributed by atoms with E-state index in [4.69, 9.17) is 0 Å². The third kappa shape index (κ3) is 4.08. The summed E-state index contributed by atoms with van der Waals surface area (Å²) in [6.45, 7) is 3.47. The van der Waals surface area contributed by atoms with Gasteiger partial charge in [-0.2, -0.15) is 13.9 Å². The van der Waals surface area contributed by atoms with Gasteiger partial charge >= 0.3 is 0 Å². The van der Waals surface area contributed by atoms with Crippen molar-refractivity contribution < 1.29 is 13.6 Å². The zero-order valence-electron chi connectivity index (χ0n) is 15.4. The molecule has 142 valence electrons. The lowest BCUT2D eigenvalue weighted by Gasteiger charge is -2.21. The van der Waals surface area contributed by atoms with E-state index in [1.54, 1.807) is 17.0 Å². The number of para-hydroxylation sites is 1. The second kappa shape index (κ2) is 7.60. The van der Waals surface area contributed by atoms with Gasteiger partial charge in [-0.1, -0.05) is 25.1 Å². The second-order valence-corrected chi connectivity index (χ2v) is 7.47. The summed E-state index contributed by atoms with van der Waals surface area (Å²) < 4.78 is 28.5. The molecule has 0 radical (unpaired) electrons. The molecule has 1 amide bonds. The lowest BCUT2D eigenvalue weighted by atomic mass is 10.2. The SMILES string of the molecule is CCCN(C(=O)c1ccc(-c2cc(C(C)(F)F)n(C)n2)s1)c1ccccc1. The Labute approximate surface area is 161 Å². The molecule has 0 unspecified atom stereocenters. The molecular weight excluding hydrogens is 368 g/mol. The average Bonchev–Trinajstić information content (AvgIpc) is 3.26. The number of aryl methyl sites for hydroxylation is 1. The molecule has 0 spiro atoms. The Bertz CT molecular complexity index is 928. The number of benzene rings is 1. The highest BCUT2D eigenvalue weighted by Crippen LogP contribution is 2.33. The van der Waals surface area contributed by atoms with Crippen LogP contribution in [-0.4, -0.2) is 22.2 Å². The number of anilines is 1. The Morgan fingerprint density at radius 3 is 2.52 bits per heavy atom. The summed E-state index contributed by atoms with van der Waals surface area (Å²) in [5, 5.41) is 4.18. The third-order valence-corrected chi connectivity index (χ3v) is 5.25. The van der Waals surface area contributed by atoms with Crippen LogP contribution in [0.25, 0.3) is 10.6 Å². The molecule has 1 aromatic carbocycles. The number of carbonyl (C=O) groups excluding carboxylic acids is 1. The third-order valence-electron chi connectivity index (χ3n) is 4.16. The Morgan fingerprint density at radius 2 is 1.93 bits per heavy atom. The number of alkyl halides is 2. The van der Waals surface area contributed by atoms with Gasteiger partial charge in [-0.05, 0) is 36.8 Å². The fourth-order valence-electron chi connectivity index (χ4n) is 2.90. The van der Waals surface area contributed by atoms with Gasteiger partial charge in [-0.15, -0.1) is 11.3 Å². The number of hydrogen-bond acceptors (Lipinski definition) is 3. The first-order chi connectivity index (χ1) is 12.8. The van der Waals surface area contributed by atoms with E-state index >= 15 is 0 Å². The van der Waals surface area contributed by atoms with Crippen LogP contribution in [0.2, 0.25) is 0 Å². The molecule has 2 heterocycles. The smallest absolute Gasteiger partial charge is 0.286 e. The van der Waals surface area contributed by atoms with Crippen LogP contribution in [0.3, 0.4) is 0 Å². The zero-order chi connectivity index (χ0) is 19.6. The predicted molar refractivity (Wildman–Crippen MR) is 104 cm³/mol. The minimum Gasteiger partial charge on any atom is -0.308 e. The molecule has 0 aliphatic heterocycles. The van der Waals surface area contributed by atoms with Crippen LogP contribution in [0.1, 0.15) is 35.6 Å². The van der Waals surface area contributed by atoms with Crippen molar-refractivity contribution in [2.75, 3.05) is 11.4 Å². The van der Waals surface area contributed by atoms with Gasteiger partial charge in [0.05, 0.1) is 9.75 Å². The van der Waals surface area contributed by atoms with Crippen molar-refractivity contribution in [3.8, 4) is 10.6 Å². The lowest BCUT2D eigenvalue weighted by Crippen LogP contribution is -2.30. The average molecular weight is 389 g/mol. The van der Waals surface area contributed by atoms with Crippen LogP contribution < -0.4 is 4.90 Å². The Morgan fingerprint density at radius 1 is 1.22 bits per heavy atom. The minimum absolute atomic E-state index is 0.101.